The maximum absolute atomic E-state index is 12.7. The number of anilines is 1. The molecule has 0 saturated carbocycles. The highest BCUT2D eigenvalue weighted by atomic mass is 19.1. The van der Waals surface area contributed by atoms with Crippen LogP contribution >= 0.6 is 0 Å². The molecule has 0 spiro atoms. The van der Waals surface area contributed by atoms with Crippen molar-refractivity contribution < 1.29 is 4.39 Å². The van der Waals surface area contributed by atoms with Gasteiger partial charge in [-0.2, -0.15) is 0 Å². The number of aromatic nitrogens is 1. The van der Waals surface area contributed by atoms with Crippen molar-refractivity contribution in [3.05, 3.63) is 42.2 Å². The molecule has 72 valence electrons. The Morgan fingerprint density at radius 3 is 2.21 bits per heavy atom. The molecule has 0 saturated heterocycles. The van der Waals surface area contributed by atoms with Crippen LogP contribution in [0.1, 0.15) is 0 Å². The highest BCUT2D eigenvalue weighted by Crippen LogP contribution is 2.22. The number of nitrogen functional groups attached to an aromatic ring is 1. The van der Waals surface area contributed by atoms with Crippen molar-refractivity contribution in [2.45, 2.75) is 0 Å². The number of hydrogen-bond donors (Lipinski definition) is 1. The van der Waals surface area contributed by atoms with E-state index in [1.54, 1.807) is 12.1 Å². The minimum atomic E-state index is -0.226. The smallest absolute Gasteiger partial charge is 0.123 e. The SMILES string of the molecule is Cn1c(N)ccc1-c1ccc(F)cc1. The molecule has 0 radical (unpaired) electrons. The Bertz CT molecular complexity index is 443. The summed E-state index contributed by atoms with van der Waals surface area (Å²) in [5.74, 6) is 0.472. The van der Waals surface area contributed by atoms with Crippen molar-refractivity contribution in [2.75, 3.05) is 5.73 Å². The Morgan fingerprint density at radius 1 is 1.07 bits per heavy atom. The Labute approximate surface area is 81.8 Å². The van der Waals surface area contributed by atoms with Crippen LogP contribution < -0.4 is 5.73 Å². The van der Waals surface area contributed by atoms with Crippen LogP contribution in [0.2, 0.25) is 0 Å². The Balaban J connectivity index is 2.49. The van der Waals surface area contributed by atoms with Crippen LogP contribution in [0, 0.1) is 5.82 Å². The first kappa shape index (κ1) is 8.81. The second kappa shape index (κ2) is 3.18. The summed E-state index contributed by atoms with van der Waals surface area (Å²) in [7, 11) is 1.88. The van der Waals surface area contributed by atoms with Crippen LogP contribution in [0.25, 0.3) is 11.3 Å². The summed E-state index contributed by atoms with van der Waals surface area (Å²) < 4.78 is 14.5. The van der Waals surface area contributed by atoms with Gasteiger partial charge in [0.25, 0.3) is 0 Å². The lowest BCUT2D eigenvalue weighted by molar-refractivity contribution is 0.628. The van der Waals surface area contributed by atoms with E-state index >= 15 is 0 Å². The van der Waals surface area contributed by atoms with Crippen molar-refractivity contribution in [3.8, 4) is 11.3 Å². The Kier molecular flexibility index (Phi) is 2.00. The molecule has 0 bridgehead atoms. The molecule has 0 atom stereocenters. The number of rotatable bonds is 1. The quantitative estimate of drug-likeness (QED) is 0.735. The first-order valence-electron chi connectivity index (χ1n) is 4.35. The molecule has 0 aliphatic carbocycles. The van der Waals surface area contributed by atoms with E-state index in [2.05, 4.69) is 0 Å². The van der Waals surface area contributed by atoms with Gasteiger partial charge < -0.3 is 10.3 Å². The molecule has 1 aromatic heterocycles. The van der Waals surface area contributed by atoms with Gasteiger partial charge in [0.2, 0.25) is 0 Å². The summed E-state index contributed by atoms with van der Waals surface area (Å²) in [4.78, 5) is 0. The van der Waals surface area contributed by atoms with Crippen molar-refractivity contribution in [3.63, 3.8) is 0 Å². The lowest BCUT2D eigenvalue weighted by atomic mass is 10.1. The fourth-order valence-electron chi connectivity index (χ4n) is 1.44. The van der Waals surface area contributed by atoms with Crippen LogP contribution in [0.3, 0.4) is 0 Å². The van der Waals surface area contributed by atoms with Crippen molar-refractivity contribution in [1.82, 2.24) is 4.57 Å². The minimum absolute atomic E-state index is 0.226. The highest BCUT2D eigenvalue weighted by molar-refractivity contribution is 5.63. The van der Waals surface area contributed by atoms with Crippen LogP contribution in [-0.4, -0.2) is 4.57 Å². The topological polar surface area (TPSA) is 30.9 Å². The van der Waals surface area contributed by atoms with Gasteiger partial charge in [-0.25, -0.2) is 4.39 Å². The lowest BCUT2D eigenvalue weighted by Gasteiger charge is -2.04. The number of nitrogens with zero attached hydrogens (tertiary/aromatic N) is 1. The highest BCUT2D eigenvalue weighted by Gasteiger charge is 2.03. The second-order valence-corrected chi connectivity index (χ2v) is 3.21. The first-order chi connectivity index (χ1) is 6.68. The van der Waals surface area contributed by atoms with Crippen LogP contribution in [0.4, 0.5) is 10.2 Å². The van der Waals surface area contributed by atoms with Crippen molar-refractivity contribution >= 4 is 5.82 Å². The van der Waals surface area contributed by atoms with Crippen molar-refractivity contribution in [2.24, 2.45) is 7.05 Å². The third-order valence-corrected chi connectivity index (χ3v) is 2.30. The minimum Gasteiger partial charge on any atom is -0.385 e. The molecule has 1 aromatic carbocycles. The molecule has 0 unspecified atom stereocenters. The van der Waals surface area contributed by atoms with Crippen LogP contribution in [0.15, 0.2) is 36.4 Å². The second-order valence-electron chi connectivity index (χ2n) is 3.21. The lowest BCUT2D eigenvalue weighted by Crippen LogP contribution is -1.97. The third kappa shape index (κ3) is 1.37. The number of nitrogens with two attached hydrogens (primary N) is 1. The van der Waals surface area contributed by atoms with Gasteiger partial charge >= 0.3 is 0 Å². The fourth-order valence-corrected chi connectivity index (χ4v) is 1.44. The van der Waals surface area contributed by atoms with Crippen LogP contribution in [0.5, 0.6) is 0 Å². The molecule has 0 aliphatic heterocycles. The van der Waals surface area contributed by atoms with Gasteiger partial charge in [-0.05, 0) is 42.0 Å². The summed E-state index contributed by atoms with van der Waals surface area (Å²) in [5.41, 5.74) is 7.65. The average molecular weight is 190 g/mol. The molecule has 2 nitrogen and oxygen atoms in total. The van der Waals surface area contributed by atoms with E-state index in [9.17, 15) is 4.39 Å². The maximum atomic E-state index is 12.7. The molecule has 0 aliphatic rings. The average Bonchev–Trinajstić information content (AvgIpc) is 2.50. The normalized spacial score (nSPS) is 10.4. The van der Waals surface area contributed by atoms with E-state index < -0.39 is 0 Å². The Hall–Kier alpha value is -1.77. The van der Waals surface area contributed by atoms with E-state index in [1.807, 2.05) is 23.7 Å². The largest absolute Gasteiger partial charge is 0.385 e. The first-order valence-corrected chi connectivity index (χ1v) is 4.35. The molecule has 2 rings (SSSR count). The third-order valence-electron chi connectivity index (χ3n) is 2.30. The molecular formula is C11H11FN2. The van der Waals surface area contributed by atoms with Gasteiger partial charge in [0, 0.05) is 12.7 Å². The van der Waals surface area contributed by atoms with E-state index in [4.69, 9.17) is 5.73 Å². The van der Waals surface area contributed by atoms with Gasteiger partial charge in [-0.1, -0.05) is 0 Å². The molecule has 2 aromatic rings. The van der Waals surface area contributed by atoms with Gasteiger partial charge in [0.05, 0.1) is 0 Å². The summed E-state index contributed by atoms with van der Waals surface area (Å²) in [6.45, 7) is 0. The van der Waals surface area contributed by atoms with Gasteiger partial charge in [-0.15, -0.1) is 0 Å². The molecule has 0 fully saturated rings. The van der Waals surface area contributed by atoms with Crippen molar-refractivity contribution in [1.29, 1.82) is 0 Å². The van der Waals surface area contributed by atoms with Crippen LogP contribution in [-0.2, 0) is 7.05 Å². The van der Waals surface area contributed by atoms with E-state index in [-0.39, 0.29) is 5.82 Å². The molecule has 2 N–H and O–H groups in total. The number of halogens is 1. The standard InChI is InChI=1S/C11H11FN2/c1-14-10(6-7-11(14)13)8-2-4-9(12)5-3-8/h2-7H,13H2,1H3. The summed E-state index contributed by atoms with van der Waals surface area (Å²) >= 11 is 0. The molecule has 1 heterocycles. The summed E-state index contributed by atoms with van der Waals surface area (Å²) in [6.07, 6.45) is 0. The zero-order valence-corrected chi connectivity index (χ0v) is 7.87. The summed E-state index contributed by atoms with van der Waals surface area (Å²) in [5, 5.41) is 0. The molecule has 0 amide bonds. The number of hydrogen-bond acceptors (Lipinski definition) is 1. The zero-order chi connectivity index (χ0) is 10.1. The molecule has 14 heavy (non-hydrogen) atoms. The predicted molar refractivity (Wildman–Crippen MR) is 55.2 cm³/mol. The summed E-state index contributed by atoms with van der Waals surface area (Å²) in [6, 6.07) is 10.1. The fraction of sp³-hybridized carbons (Fsp3) is 0.0909. The van der Waals surface area contributed by atoms with Gasteiger partial charge in [-0.3, -0.25) is 0 Å². The van der Waals surface area contributed by atoms with E-state index in [0.29, 0.717) is 5.82 Å². The maximum Gasteiger partial charge on any atom is 0.123 e. The number of benzene rings is 1. The van der Waals surface area contributed by atoms with E-state index in [1.165, 1.54) is 12.1 Å². The molecular weight excluding hydrogens is 179 g/mol. The predicted octanol–water partition coefficient (Wildman–Crippen LogP) is 2.41. The Morgan fingerprint density at radius 2 is 1.71 bits per heavy atom. The molecule has 3 heteroatoms. The monoisotopic (exact) mass is 190 g/mol. The van der Waals surface area contributed by atoms with E-state index in [0.717, 1.165) is 11.3 Å². The van der Waals surface area contributed by atoms with Gasteiger partial charge in [0.1, 0.15) is 11.6 Å². The van der Waals surface area contributed by atoms with Gasteiger partial charge in [0.15, 0.2) is 0 Å². The zero-order valence-electron chi connectivity index (χ0n) is 7.87.